The maximum Gasteiger partial charge on any atom is 0.315 e. The molecular formula is C14H24N2O3. The highest BCUT2D eigenvalue weighted by atomic mass is 16.4. The van der Waals surface area contributed by atoms with Crippen LogP contribution in [0.1, 0.15) is 51.4 Å². The van der Waals surface area contributed by atoms with Crippen LogP contribution in [-0.2, 0) is 4.79 Å². The summed E-state index contributed by atoms with van der Waals surface area (Å²) < 4.78 is 0. The number of nitrogens with one attached hydrogen (secondary N) is 2. The molecule has 2 amide bonds. The van der Waals surface area contributed by atoms with E-state index in [4.69, 9.17) is 0 Å². The maximum absolute atomic E-state index is 11.8. The summed E-state index contributed by atoms with van der Waals surface area (Å²) in [5.41, 5.74) is 0. The lowest BCUT2D eigenvalue weighted by molar-refractivity contribution is -0.142. The van der Waals surface area contributed by atoms with E-state index in [0.717, 1.165) is 32.2 Å². The lowest BCUT2D eigenvalue weighted by atomic mass is 9.85. The van der Waals surface area contributed by atoms with E-state index < -0.39 is 11.9 Å². The molecule has 2 rings (SSSR count). The number of carbonyl (C=O) groups excluding carboxylic acids is 1. The van der Waals surface area contributed by atoms with Gasteiger partial charge in [-0.15, -0.1) is 0 Å². The fourth-order valence-electron chi connectivity index (χ4n) is 2.93. The molecule has 2 fully saturated rings. The molecule has 0 aromatic carbocycles. The van der Waals surface area contributed by atoms with Gasteiger partial charge in [0.25, 0.3) is 0 Å². The molecule has 0 saturated heterocycles. The van der Waals surface area contributed by atoms with Gasteiger partial charge < -0.3 is 15.7 Å². The van der Waals surface area contributed by atoms with E-state index >= 15 is 0 Å². The van der Waals surface area contributed by atoms with E-state index in [1.807, 2.05) is 0 Å². The largest absolute Gasteiger partial charge is 0.481 e. The van der Waals surface area contributed by atoms with Gasteiger partial charge in [0, 0.05) is 12.6 Å². The number of rotatable bonds is 4. The average Bonchev–Trinajstić information content (AvgIpc) is 2.52. The zero-order valence-corrected chi connectivity index (χ0v) is 11.4. The Morgan fingerprint density at radius 3 is 2.37 bits per heavy atom. The van der Waals surface area contributed by atoms with Gasteiger partial charge in [-0.25, -0.2) is 4.79 Å². The van der Waals surface area contributed by atoms with Crippen LogP contribution in [0.3, 0.4) is 0 Å². The second-order valence-corrected chi connectivity index (χ2v) is 5.84. The molecular weight excluding hydrogens is 244 g/mol. The lowest BCUT2D eigenvalue weighted by Gasteiger charge is -2.27. The summed E-state index contributed by atoms with van der Waals surface area (Å²) in [5.74, 6) is -0.599. The van der Waals surface area contributed by atoms with Crippen molar-refractivity contribution in [3.8, 4) is 0 Å². The van der Waals surface area contributed by atoms with Crippen LogP contribution in [-0.4, -0.2) is 29.7 Å². The molecule has 0 aromatic rings. The van der Waals surface area contributed by atoms with Crippen molar-refractivity contribution in [2.45, 2.75) is 57.4 Å². The molecule has 0 radical (unpaired) electrons. The number of carboxylic acids is 1. The minimum Gasteiger partial charge on any atom is -0.481 e. The first-order valence-electron chi connectivity index (χ1n) is 7.44. The van der Waals surface area contributed by atoms with Crippen LogP contribution in [0.5, 0.6) is 0 Å². The number of aliphatic carboxylic acids is 1. The van der Waals surface area contributed by atoms with Gasteiger partial charge in [0.1, 0.15) is 0 Å². The van der Waals surface area contributed by atoms with Gasteiger partial charge in [0.15, 0.2) is 0 Å². The van der Waals surface area contributed by atoms with E-state index in [9.17, 15) is 14.7 Å². The van der Waals surface area contributed by atoms with Crippen molar-refractivity contribution in [1.82, 2.24) is 10.6 Å². The van der Waals surface area contributed by atoms with E-state index in [0.29, 0.717) is 12.3 Å². The topological polar surface area (TPSA) is 78.4 Å². The molecule has 0 bridgehead atoms. The van der Waals surface area contributed by atoms with Gasteiger partial charge in [0.2, 0.25) is 0 Å². The molecule has 108 valence electrons. The van der Waals surface area contributed by atoms with Crippen molar-refractivity contribution in [2.75, 3.05) is 6.54 Å². The van der Waals surface area contributed by atoms with Gasteiger partial charge in [0.05, 0.1) is 5.92 Å². The predicted octanol–water partition coefficient (Wildman–Crippen LogP) is 2.12. The van der Waals surface area contributed by atoms with Crippen LogP contribution in [0.4, 0.5) is 4.79 Å². The monoisotopic (exact) mass is 268 g/mol. The van der Waals surface area contributed by atoms with Crippen molar-refractivity contribution in [2.24, 2.45) is 11.8 Å². The van der Waals surface area contributed by atoms with Crippen molar-refractivity contribution >= 4 is 12.0 Å². The first-order chi connectivity index (χ1) is 9.16. The molecule has 2 atom stereocenters. The first-order valence-corrected chi connectivity index (χ1v) is 7.44. The van der Waals surface area contributed by atoms with Crippen LogP contribution in [0.15, 0.2) is 0 Å². The quantitative estimate of drug-likeness (QED) is 0.683. The molecule has 5 heteroatoms. The molecule has 2 aliphatic rings. The molecule has 2 unspecified atom stereocenters. The molecule has 0 spiro atoms. The van der Waals surface area contributed by atoms with E-state index in [1.54, 1.807) is 0 Å². The fraction of sp³-hybridized carbons (Fsp3) is 0.857. The number of hydrogen-bond donors (Lipinski definition) is 3. The number of carboxylic acid groups (broad SMARTS) is 1. The minimum atomic E-state index is -0.786. The second-order valence-electron chi connectivity index (χ2n) is 5.84. The van der Waals surface area contributed by atoms with Gasteiger partial charge in [-0.05, 0) is 31.6 Å². The van der Waals surface area contributed by atoms with Crippen LogP contribution in [0.2, 0.25) is 0 Å². The standard InChI is InChI=1S/C14H24N2O3/c17-13(18)11-7-2-1-3-8-12(11)16-14(19)15-9-10-5-4-6-10/h10-12H,1-9H2,(H,17,18)(H2,15,16,19). The highest BCUT2D eigenvalue weighted by molar-refractivity contribution is 5.76. The third-order valence-electron chi connectivity index (χ3n) is 4.43. The Morgan fingerprint density at radius 2 is 1.74 bits per heavy atom. The average molecular weight is 268 g/mol. The highest BCUT2D eigenvalue weighted by Crippen LogP contribution is 2.25. The van der Waals surface area contributed by atoms with Crippen LogP contribution in [0.25, 0.3) is 0 Å². The summed E-state index contributed by atoms with van der Waals surface area (Å²) in [4.78, 5) is 23.1. The van der Waals surface area contributed by atoms with Crippen molar-refractivity contribution in [1.29, 1.82) is 0 Å². The van der Waals surface area contributed by atoms with Gasteiger partial charge in [-0.2, -0.15) is 0 Å². The third-order valence-corrected chi connectivity index (χ3v) is 4.43. The van der Waals surface area contributed by atoms with Crippen LogP contribution in [0, 0.1) is 11.8 Å². The van der Waals surface area contributed by atoms with Gasteiger partial charge in [-0.3, -0.25) is 4.79 Å². The van der Waals surface area contributed by atoms with E-state index in [-0.39, 0.29) is 12.1 Å². The Bertz CT molecular complexity index is 329. The third kappa shape index (κ3) is 4.11. The maximum atomic E-state index is 11.8. The van der Waals surface area contributed by atoms with Crippen LogP contribution < -0.4 is 10.6 Å². The molecule has 2 saturated carbocycles. The summed E-state index contributed by atoms with van der Waals surface area (Å²) in [6.07, 6.45) is 8.10. The van der Waals surface area contributed by atoms with E-state index in [2.05, 4.69) is 10.6 Å². The summed E-state index contributed by atoms with van der Waals surface area (Å²) in [6, 6.07) is -0.425. The van der Waals surface area contributed by atoms with Crippen LogP contribution >= 0.6 is 0 Å². The molecule has 0 aromatic heterocycles. The molecule has 3 N–H and O–H groups in total. The van der Waals surface area contributed by atoms with Crippen molar-refractivity contribution in [3.05, 3.63) is 0 Å². The fourth-order valence-corrected chi connectivity index (χ4v) is 2.93. The Balaban J connectivity index is 1.79. The van der Waals surface area contributed by atoms with Gasteiger partial charge >= 0.3 is 12.0 Å². The smallest absolute Gasteiger partial charge is 0.315 e. The minimum absolute atomic E-state index is 0.204. The Morgan fingerprint density at radius 1 is 1.00 bits per heavy atom. The Kier molecular flexibility index (Phi) is 5.05. The summed E-state index contributed by atoms with van der Waals surface area (Å²) in [6.45, 7) is 0.719. The molecule has 0 heterocycles. The molecule has 19 heavy (non-hydrogen) atoms. The SMILES string of the molecule is O=C(NCC1CCC1)NC1CCCCCC1C(=O)O. The number of amides is 2. The van der Waals surface area contributed by atoms with E-state index in [1.165, 1.54) is 19.3 Å². The predicted molar refractivity (Wildman–Crippen MR) is 71.9 cm³/mol. The number of carbonyl (C=O) groups is 2. The number of urea groups is 1. The Labute approximate surface area is 114 Å². The first kappa shape index (κ1) is 14.2. The summed E-state index contributed by atoms with van der Waals surface area (Å²) >= 11 is 0. The van der Waals surface area contributed by atoms with Crippen molar-refractivity contribution in [3.63, 3.8) is 0 Å². The molecule has 5 nitrogen and oxygen atoms in total. The highest BCUT2D eigenvalue weighted by Gasteiger charge is 2.30. The van der Waals surface area contributed by atoms with Gasteiger partial charge in [-0.1, -0.05) is 25.7 Å². The normalized spacial score (nSPS) is 28.0. The zero-order valence-electron chi connectivity index (χ0n) is 11.4. The molecule has 0 aliphatic heterocycles. The van der Waals surface area contributed by atoms with Crippen molar-refractivity contribution < 1.29 is 14.7 Å². The zero-order chi connectivity index (χ0) is 13.7. The number of hydrogen-bond acceptors (Lipinski definition) is 2. The Hall–Kier alpha value is -1.26. The lowest BCUT2D eigenvalue weighted by Crippen LogP contribution is -2.48. The summed E-state index contributed by atoms with van der Waals surface area (Å²) in [5, 5.41) is 15.0. The second kappa shape index (κ2) is 6.78. The summed E-state index contributed by atoms with van der Waals surface area (Å²) in [7, 11) is 0. The molecule has 2 aliphatic carbocycles.